The Balaban J connectivity index is 2.26. The largest absolute Gasteiger partial charge is 0.494 e. The van der Waals surface area contributed by atoms with E-state index in [1.807, 2.05) is 45.2 Å². The molecule has 0 unspecified atom stereocenters. The van der Waals surface area contributed by atoms with Crippen LogP contribution < -0.4 is 15.8 Å². The zero-order valence-electron chi connectivity index (χ0n) is 11.6. The van der Waals surface area contributed by atoms with Gasteiger partial charge >= 0.3 is 0 Å². The molecule has 0 spiro atoms. The lowest BCUT2D eigenvalue weighted by atomic mass is 10.2. The lowest BCUT2D eigenvalue weighted by Crippen LogP contribution is -2.01. The van der Waals surface area contributed by atoms with E-state index >= 15 is 0 Å². The Labute approximate surface area is 113 Å². The van der Waals surface area contributed by atoms with Crippen molar-refractivity contribution in [1.29, 1.82) is 0 Å². The third-order valence-electron chi connectivity index (χ3n) is 2.90. The van der Waals surface area contributed by atoms with Gasteiger partial charge in [0.1, 0.15) is 5.75 Å². The van der Waals surface area contributed by atoms with Crippen LogP contribution in [0.5, 0.6) is 5.75 Å². The van der Waals surface area contributed by atoms with Gasteiger partial charge in [0.2, 0.25) is 0 Å². The highest BCUT2D eigenvalue weighted by molar-refractivity contribution is 5.71. The van der Waals surface area contributed by atoms with Crippen molar-refractivity contribution in [3.63, 3.8) is 0 Å². The van der Waals surface area contributed by atoms with Gasteiger partial charge in [-0.15, -0.1) is 0 Å². The third-order valence-corrected chi connectivity index (χ3v) is 2.90. The van der Waals surface area contributed by atoms with Crippen LogP contribution in [0.3, 0.4) is 0 Å². The fraction of sp³-hybridized carbons (Fsp3) is 0.357. The minimum atomic E-state index is 0.650. The van der Waals surface area contributed by atoms with Gasteiger partial charge in [-0.25, -0.2) is 0 Å². The van der Waals surface area contributed by atoms with Gasteiger partial charge in [-0.2, -0.15) is 5.10 Å². The Kier molecular flexibility index (Phi) is 3.94. The smallest absolute Gasteiger partial charge is 0.152 e. The maximum Gasteiger partial charge on any atom is 0.152 e. The number of benzene rings is 1. The third kappa shape index (κ3) is 2.81. The average molecular weight is 260 g/mol. The lowest BCUT2D eigenvalue weighted by Gasteiger charge is -2.09. The molecule has 5 nitrogen and oxygen atoms in total. The van der Waals surface area contributed by atoms with Gasteiger partial charge in [-0.1, -0.05) is 13.0 Å². The van der Waals surface area contributed by atoms with Crippen LogP contribution in [0.25, 0.3) is 0 Å². The van der Waals surface area contributed by atoms with Gasteiger partial charge < -0.3 is 15.8 Å². The standard InChI is InChI=1S/C14H20N4O/c1-4-12-13(15)14(18(3)17-12)16-10-7-6-8-11(9-10)19-5-2/h6-9,16H,4-5,15H2,1-3H3. The van der Waals surface area contributed by atoms with Gasteiger partial charge in [0.05, 0.1) is 18.0 Å². The van der Waals surface area contributed by atoms with Crippen LogP contribution in [-0.2, 0) is 13.5 Å². The number of aromatic nitrogens is 2. The molecule has 2 rings (SSSR count). The highest BCUT2D eigenvalue weighted by Crippen LogP contribution is 2.27. The molecule has 1 heterocycles. The normalized spacial score (nSPS) is 10.5. The molecule has 0 saturated heterocycles. The molecule has 0 atom stereocenters. The highest BCUT2D eigenvalue weighted by atomic mass is 16.5. The number of anilines is 3. The molecule has 0 bridgehead atoms. The van der Waals surface area contributed by atoms with E-state index in [1.165, 1.54) is 0 Å². The maximum absolute atomic E-state index is 6.08. The molecule has 0 aliphatic carbocycles. The first-order chi connectivity index (χ1) is 9.15. The van der Waals surface area contributed by atoms with Crippen molar-refractivity contribution in [2.45, 2.75) is 20.3 Å². The predicted octanol–water partition coefficient (Wildman–Crippen LogP) is 2.71. The molecule has 1 aromatic heterocycles. The number of nitrogens with two attached hydrogens (primary N) is 1. The number of nitrogens with one attached hydrogen (secondary N) is 1. The highest BCUT2D eigenvalue weighted by Gasteiger charge is 2.12. The van der Waals surface area contributed by atoms with E-state index in [9.17, 15) is 0 Å². The van der Waals surface area contributed by atoms with E-state index < -0.39 is 0 Å². The molecule has 19 heavy (non-hydrogen) atoms. The number of aryl methyl sites for hydroxylation is 2. The summed E-state index contributed by atoms with van der Waals surface area (Å²) in [7, 11) is 1.88. The molecule has 0 fully saturated rings. The van der Waals surface area contributed by atoms with Crippen molar-refractivity contribution in [3.8, 4) is 5.75 Å². The fourth-order valence-corrected chi connectivity index (χ4v) is 1.97. The van der Waals surface area contributed by atoms with Crippen LogP contribution in [0.15, 0.2) is 24.3 Å². The second kappa shape index (κ2) is 5.65. The Hall–Kier alpha value is -2.17. The van der Waals surface area contributed by atoms with E-state index in [1.54, 1.807) is 4.68 Å². The van der Waals surface area contributed by atoms with Gasteiger partial charge in [0, 0.05) is 18.8 Å². The molecule has 5 heteroatoms. The summed E-state index contributed by atoms with van der Waals surface area (Å²) in [6.45, 7) is 4.65. The zero-order chi connectivity index (χ0) is 13.8. The minimum Gasteiger partial charge on any atom is -0.494 e. The topological polar surface area (TPSA) is 65.1 Å². The first-order valence-electron chi connectivity index (χ1n) is 6.47. The van der Waals surface area contributed by atoms with Crippen molar-refractivity contribution >= 4 is 17.2 Å². The van der Waals surface area contributed by atoms with Crippen molar-refractivity contribution in [3.05, 3.63) is 30.0 Å². The predicted molar refractivity (Wildman–Crippen MR) is 77.9 cm³/mol. The molecule has 0 aliphatic heterocycles. The molecule has 0 amide bonds. The lowest BCUT2D eigenvalue weighted by molar-refractivity contribution is 0.340. The quantitative estimate of drug-likeness (QED) is 0.867. The van der Waals surface area contributed by atoms with Crippen molar-refractivity contribution in [1.82, 2.24) is 9.78 Å². The van der Waals surface area contributed by atoms with Gasteiger partial charge in [0.15, 0.2) is 5.82 Å². The Morgan fingerprint density at radius 2 is 2.16 bits per heavy atom. The monoisotopic (exact) mass is 260 g/mol. The van der Waals surface area contributed by atoms with Crippen molar-refractivity contribution in [2.24, 2.45) is 7.05 Å². The molecule has 2 aromatic rings. The molecule has 3 N–H and O–H groups in total. The molecule has 0 radical (unpaired) electrons. The number of ether oxygens (including phenoxy) is 1. The minimum absolute atomic E-state index is 0.650. The summed E-state index contributed by atoms with van der Waals surface area (Å²) in [6, 6.07) is 7.79. The van der Waals surface area contributed by atoms with Gasteiger partial charge in [-0.3, -0.25) is 4.68 Å². The summed E-state index contributed by atoms with van der Waals surface area (Å²) in [5.74, 6) is 1.65. The summed E-state index contributed by atoms with van der Waals surface area (Å²) in [5, 5.41) is 7.67. The fourth-order valence-electron chi connectivity index (χ4n) is 1.97. The van der Waals surface area contributed by atoms with E-state index in [0.717, 1.165) is 29.4 Å². The van der Waals surface area contributed by atoms with Gasteiger partial charge in [-0.05, 0) is 25.5 Å². The molecular formula is C14H20N4O. The van der Waals surface area contributed by atoms with E-state index in [2.05, 4.69) is 10.4 Å². The summed E-state index contributed by atoms with van der Waals surface area (Å²) < 4.78 is 7.24. The van der Waals surface area contributed by atoms with Crippen LogP contribution in [0.4, 0.5) is 17.2 Å². The number of rotatable bonds is 5. The van der Waals surface area contributed by atoms with E-state index in [0.29, 0.717) is 12.3 Å². The summed E-state index contributed by atoms with van der Waals surface area (Å²) in [4.78, 5) is 0. The Bertz CT molecular complexity index is 563. The second-order valence-corrected chi connectivity index (χ2v) is 4.27. The maximum atomic E-state index is 6.08. The average Bonchev–Trinajstić information content (AvgIpc) is 2.67. The van der Waals surface area contributed by atoms with Crippen molar-refractivity contribution < 1.29 is 4.74 Å². The van der Waals surface area contributed by atoms with E-state index in [-0.39, 0.29) is 0 Å². The summed E-state index contributed by atoms with van der Waals surface area (Å²) >= 11 is 0. The van der Waals surface area contributed by atoms with E-state index in [4.69, 9.17) is 10.5 Å². The molecule has 102 valence electrons. The summed E-state index contributed by atoms with van der Waals surface area (Å²) in [6.07, 6.45) is 0.820. The van der Waals surface area contributed by atoms with Crippen molar-refractivity contribution in [2.75, 3.05) is 17.7 Å². The second-order valence-electron chi connectivity index (χ2n) is 4.27. The van der Waals surface area contributed by atoms with Crippen LogP contribution in [-0.4, -0.2) is 16.4 Å². The number of nitrogen functional groups attached to an aromatic ring is 1. The Morgan fingerprint density at radius 1 is 1.37 bits per heavy atom. The molecule has 0 aliphatic rings. The van der Waals surface area contributed by atoms with Crippen LogP contribution in [0.1, 0.15) is 19.5 Å². The first-order valence-corrected chi connectivity index (χ1v) is 6.47. The van der Waals surface area contributed by atoms with Crippen LogP contribution >= 0.6 is 0 Å². The molecule has 1 aromatic carbocycles. The number of hydrogen-bond acceptors (Lipinski definition) is 4. The Morgan fingerprint density at radius 3 is 2.79 bits per heavy atom. The van der Waals surface area contributed by atoms with Gasteiger partial charge in [0.25, 0.3) is 0 Å². The molecular weight excluding hydrogens is 240 g/mol. The number of nitrogens with zero attached hydrogens (tertiary/aromatic N) is 2. The SMILES string of the molecule is CCOc1cccc(Nc2c(N)c(CC)nn2C)c1. The molecule has 0 saturated carbocycles. The summed E-state index contributed by atoms with van der Waals surface area (Å²) in [5.41, 5.74) is 8.62. The number of hydrogen-bond donors (Lipinski definition) is 2. The van der Waals surface area contributed by atoms with Crippen LogP contribution in [0.2, 0.25) is 0 Å². The first kappa shape index (κ1) is 13.3. The zero-order valence-corrected chi connectivity index (χ0v) is 11.6. The van der Waals surface area contributed by atoms with Crippen LogP contribution in [0, 0.1) is 0 Å².